The Balaban J connectivity index is 1.47. The Labute approximate surface area is 144 Å². The highest BCUT2D eigenvalue weighted by Crippen LogP contribution is 2.29. The van der Waals surface area contributed by atoms with Gasteiger partial charge in [-0.05, 0) is 49.9 Å². The monoisotopic (exact) mass is 322 g/mol. The van der Waals surface area contributed by atoms with Crippen LogP contribution >= 0.6 is 0 Å². The van der Waals surface area contributed by atoms with Crippen LogP contribution in [0, 0.1) is 0 Å². The third-order valence-electron chi connectivity index (χ3n) is 5.36. The number of aromatic nitrogens is 2. The lowest BCUT2D eigenvalue weighted by Gasteiger charge is -2.33. The normalized spacial score (nSPS) is 22.0. The average molecular weight is 322 g/mol. The highest BCUT2D eigenvalue weighted by molar-refractivity contribution is 5.54. The second-order valence-electron chi connectivity index (χ2n) is 7.03. The van der Waals surface area contributed by atoms with Crippen LogP contribution in [0.3, 0.4) is 0 Å². The Morgan fingerprint density at radius 1 is 1.00 bits per heavy atom. The van der Waals surface area contributed by atoms with Crippen LogP contribution in [0.2, 0.25) is 0 Å². The Hall–Kier alpha value is -1.94. The lowest BCUT2D eigenvalue weighted by Crippen LogP contribution is -2.34. The van der Waals surface area contributed by atoms with E-state index >= 15 is 0 Å². The molecule has 0 amide bonds. The SMILES string of the molecule is c1ccc(N2CCCC2)c(CN2CCC[C@@H](c3ccncn3)C2)c1. The third-order valence-corrected chi connectivity index (χ3v) is 5.36. The van der Waals surface area contributed by atoms with E-state index in [1.165, 1.54) is 62.3 Å². The Morgan fingerprint density at radius 3 is 2.71 bits per heavy atom. The quantitative estimate of drug-likeness (QED) is 0.863. The van der Waals surface area contributed by atoms with E-state index in [2.05, 4.69) is 50.1 Å². The van der Waals surface area contributed by atoms with E-state index in [1.54, 1.807) is 6.33 Å². The molecule has 2 aromatic rings. The predicted molar refractivity (Wildman–Crippen MR) is 97.2 cm³/mol. The van der Waals surface area contributed by atoms with Crippen LogP contribution in [-0.2, 0) is 6.54 Å². The number of rotatable bonds is 4. The van der Waals surface area contributed by atoms with Gasteiger partial charge in [0.2, 0.25) is 0 Å². The molecule has 0 radical (unpaired) electrons. The fraction of sp³-hybridized carbons (Fsp3) is 0.500. The molecular weight excluding hydrogens is 296 g/mol. The maximum absolute atomic E-state index is 4.48. The Morgan fingerprint density at radius 2 is 1.88 bits per heavy atom. The molecule has 0 unspecified atom stereocenters. The van der Waals surface area contributed by atoms with Crippen LogP contribution in [0.25, 0.3) is 0 Å². The van der Waals surface area contributed by atoms with Crippen molar-refractivity contribution in [3.8, 4) is 0 Å². The Bertz CT molecular complexity index is 652. The van der Waals surface area contributed by atoms with Gasteiger partial charge in [-0.2, -0.15) is 0 Å². The first-order valence-corrected chi connectivity index (χ1v) is 9.21. The van der Waals surface area contributed by atoms with Crippen molar-refractivity contribution >= 4 is 5.69 Å². The molecule has 1 aromatic heterocycles. The van der Waals surface area contributed by atoms with Crippen molar-refractivity contribution in [3.63, 3.8) is 0 Å². The molecule has 0 saturated carbocycles. The van der Waals surface area contributed by atoms with Crippen LogP contribution in [0.5, 0.6) is 0 Å². The molecule has 4 rings (SSSR count). The minimum absolute atomic E-state index is 0.542. The highest BCUT2D eigenvalue weighted by Gasteiger charge is 2.23. The largest absolute Gasteiger partial charge is 0.371 e. The molecule has 126 valence electrons. The predicted octanol–water partition coefficient (Wildman–Crippen LogP) is 3.46. The summed E-state index contributed by atoms with van der Waals surface area (Å²) in [5.41, 5.74) is 4.12. The molecule has 24 heavy (non-hydrogen) atoms. The molecule has 2 saturated heterocycles. The van der Waals surface area contributed by atoms with Gasteiger partial charge in [0.1, 0.15) is 6.33 Å². The van der Waals surface area contributed by atoms with Crippen LogP contribution in [0.15, 0.2) is 42.9 Å². The van der Waals surface area contributed by atoms with Crippen molar-refractivity contribution in [2.45, 2.75) is 38.1 Å². The molecule has 4 nitrogen and oxygen atoms in total. The van der Waals surface area contributed by atoms with Gasteiger partial charge in [-0.15, -0.1) is 0 Å². The summed E-state index contributed by atoms with van der Waals surface area (Å²) in [6, 6.07) is 11.0. The van der Waals surface area contributed by atoms with Crippen molar-refractivity contribution in [3.05, 3.63) is 54.1 Å². The maximum atomic E-state index is 4.48. The molecule has 4 heteroatoms. The van der Waals surface area contributed by atoms with Crippen molar-refractivity contribution in [1.82, 2.24) is 14.9 Å². The number of nitrogens with zero attached hydrogens (tertiary/aromatic N) is 4. The number of likely N-dealkylation sites (tertiary alicyclic amines) is 1. The zero-order valence-corrected chi connectivity index (χ0v) is 14.3. The first kappa shape index (κ1) is 15.6. The fourth-order valence-corrected chi connectivity index (χ4v) is 4.13. The van der Waals surface area contributed by atoms with E-state index < -0.39 is 0 Å². The molecule has 0 spiro atoms. The standard InChI is InChI=1S/C20H26N4/c1-2-8-20(24-12-3-4-13-24)18(6-1)15-23-11-5-7-17(14-23)19-9-10-21-16-22-19/h1-2,6,8-10,16-17H,3-5,7,11-15H2/t17-/m1/s1. The average Bonchev–Trinajstić information content (AvgIpc) is 3.18. The van der Waals surface area contributed by atoms with Gasteiger partial charge < -0.3 is 4.90 Å². The fourth-order valence-electron chi connectivity index (χ4n) is 4.13. The first-order valence-electron chi connectivity index (χ1n) is 9.21. The Kier molecular flexibility index (Phi) is 4.74. The lowest BCUT2D eigenvalue weighted by molar-refractivity contribution is 0.198. The summed E-state index contributed by atoms with van der Waals surface area (Å²) in [4.78, 5) is 13.7. The maximum Gasteiger partial charge on any atom is 0.115 e. The molecule has 2 aliphatic rings. The second kappa shape index (κ2) is 7.31. The van der Waals surface area contributed by atoms with Crippen molar-refractivity contribution < 1.29 is 0 Å². The molecule has 1 atom stereocenters. The van der Waals surface area contributed by atoms with Gasteiger partial charge in [-0.1, -0.05) is 18.2 Å². The van der Waals surface area contributed by atoms with Gasteiger partial charge in [0, 0.05) is 49.7 Å². The van der Waals surface area contributed by atoms with Gasteiger partial charge in [0.15, 0.2) is 0 Å². The summed E-state index contributed by atoms with van der Waals surface area (Å²) in [5, 5.41) is 0. The van der Waals surface area contributed by atoms with Gasteiger partial charge in [-0.25, -0.2) is 9.97 Å². The molecule has 3 heterocycles. The number of hydrogen-bond donors (Lipinski definition) is 0. The van der Waals surface area contributed by atoms with Crippen LogP contribution in [-0.4, -0.2) is 41.0 Å². The number of anilines is 1. The van der Waals surface area contributed by atoms with Gasteiger partial charge >= 0.3 is 0 Å². The zero-order chi connectivity index (χ0) is 16.2. The molecule has 0 aliphatic carbocycles. The van der Waals surface area contributed by atoms with Crippen LogP contribution < -0.4 is 4.90 Å². The number of benzene rings is 1. The van der Waals surface area contributed by atoms with E-state index in [0.29, 0.717) is 5.92 Å². The lowest BCUT2D eigenvalue weighted by atomic mass is 9.94. The van der Waals surface area contributed by atoms with E-state index in [-0.39, 0.29) is 0 Å². The molecule has 0 bridgehead atoms. The van der Waals surface area contributed by atoms with E-state index in [0.717, 1.165) is 13.1 Å². The van der Waals surface area contributed by atoms with Gasteiger partial charge in [-0.3, -0.25) is 4.90 Å². The summed E-state index contributed by atoms with van der Waals surface area (Å²) >= 11 is 0. The van der Waals surface area contributed by atoms with Gasteiger partial charge in [0.25, 0.3) is 0 Å². The first-order chi connectivity index (χ1) is 11.9. The summed E-state index contributed by atoms with van der Waals surface area (Å²) in [7, 11) is 0. The minimum Gasteiger partial charge on any atom is -0.371 e. The molecule has 1 aromatic carbocycles. The summed E-state index contributed by atoms with van der Waals surface area (Å²) in [6.07, 6.45) is 8.68. The molecule has 2 aliphatic heterocycles. The summed E-state index contributed by atoms with van der Waals surface area (Å²) in [5.74, 6) is 0.542. The van der Waals surface area contributed by atoms with Gasteiger partial charge in [0.05, 0.1) is 0 Å². The number of piperidine rings is 1. The summed E-state index contributed by atoms with van der Waals surface area (Å²) < 4.78 is 0. The van der Waals surface area contributed by atoms with Crippen LogP contribution in [0.1, 0.15) is 42.9 Å². The molecule has 2 fully saturated rings. The third kappa shape index (κ3) is 3.44. The van der Waals surface area contributed by atoms with E-state index in [4.69, 9.17) is 0 Å². The number of hydrogen-bond acceptors (Lipinski definition) is 4. The van der Waals surface area contributed by atoms with Crippen LogP contribution in [0.4, 0.5) is 5.69 Å². The highest BCUT2D eigenvalue weighted by atomic mass is 15.2. The van der Waals surface area contributed by atoms with Crippen molar-refractivity contribution in [2.75, 3.05) is 31.1 Å². The molecular formula is C20H26N4. The smallest absolute Gasteiger partial charge is 0.115 e. The van der Waals surface area contributed by atoms with E-state index in [9.17, 15) is 0 Å². The van der Waals surface area contributed by atoms with Crippen molar-refractivity contribution in [1.29, 1.82) is 0 Å². The topological polar surface area (TPSA) is 32.3 Å². The number of para-hydroxylation sites is 1. The van der Waals surface area contributed by atoms with E-state index in [1.807, 2.05) is 6.20 Å². The second-order valence-corrected chi connectivity index (χ2v) is 7.03. The zero-order valence-electron chi connectivity index (χ0n) is 14.3. The minimum atomic E-state index is 0.542. The van der Waals surface area contributed by atoms with Crippen molar-refractivity contribution in [2.24, 2.45) is 0 Å². The molecule has 0 N–H and O–H groups in total. The summed E-state index contributed by atoms with van der Waals surface area (Å²) in [6.45, 7) is 5.76.